The predicted molar refractivity (Wildman–Crippen MR) is 58.6 cm³/mol. The van der Waals surface area contributed by atoms with E-state index in [1.165, 1.54) is 0 Å². The van der Waals surface area contributed by atoms with E-state index in [9.17, 15) is 0 Å². The Morgan fingerprint density at radius 2 is 2.14 bits per heavy atom. The first-order chi connectivity index (χ1) is 6.79. The molecule has 0 radical (unpaired) electrons. The number of nitrogen functional groups attached to an aromatic ring is 1. The third-order valence-corrected chi connectivity index (χ3v) is 2.72. The van der Waals surface area contributed by atoms with Crippen molar-refractivity contribution in [2.45, 2.75) is 0 Å². The molecule has 0 aliphatic carbocycles. The second kappa shape index (κ2) is 3.59. The van der Waals surface area contributed by atoms with Crippen molar-refractivity contribution in [3.8, 4) is 10.4 Å². The lowest BCUT2D eigenvalue weighted by molar-refractivity contribution is 1.41. The molecule has 2 rings (SSSR count). The highest BCUT2D eigenvalue weighted by molar-refractivity contribution is 7.13. The van der Waals surface area contributed by atoms with Gasteiger partial charge in [0.15, 0.2) is 0 Å². The maximum Gasteiger partial charge on any atom is 0.123 e. The van der Waals surface area contributed by atoms with E-state index in [-0.39, 0.29) is 5.84 Å². The number of aromatic nitrogens is 1. The van der Waals surface area contributed by atoms with Gasteiger partial charge in [-0.05, 0) is 0 Å². The van der Waals surface area contributed by atoms with Crippen LogP contribution in [-0.4, -0.2) is 10.8 Å². The van der Waals surface area contributed by atoms with Gasteiger partial charge >= 0.3 is 0 Å². The van der Waals surface area contributed by atoms with Gasteiger partial charge in [0, 0.05) is 17.3 Å². The molecule has 0 fully saturated rings. The molecule has 0 bridgehead atoms. The Labute approximate surface area is 85.7 Å². The quantitative estimate of drug-likeness (QED) is 0.580. The lowest BCUT2D eigenvalue weighted by Crippen LogP contribution is -2.11. The molecule has 0 unspecified atom stereocenters. The van der Waals surface area contributed by atoms with Crippen molar-refractivity contribution in [2.24, 2.45) is 5.73 Å². The van der Waals surface area contributed by atoms with Crippen LogP contribution in [0.1, 0.15) is 5.56 Å². The van der Waals surface area contributed by atoms with Crippen LogP contribution in [-0.2, 0) is 0 Å². The van der Waals surface area contributed by atoms with E-state index >= 15 is 0 Å². The van der Waals surface area contributed by atoms with E-state index in [0.29, 0.717) is 0 Å². The summed E-state index contributed by atoms with van der Waals surface area (Å²) in [5.74, 6) is 0.0917. The molecule has 0 amide bonds. The highest BCUT2D eigenvalue weighted by Gasteiger charge is 2.07. The fourth-order valence-corrected chi connectivity index (χ4v) is 1.94. The van der Waals surface area contributed by atoms with Gasteiger partial charge in [0.2, 0.25) is 0 Å². The van der Waals surface area contributed by atoms with E-state index in [1.807, 2.05) is 24.3 Å². The number of nitrogens with one attached hydrogen (secondary N) is 1. The van der Waals surface area contributed by atoms with Crippen LogP contribution in [0.4, 0.5) is 0 Å². The van der Waals surface area contributed by atoms with Crippen LogP contribution in [0.5, 0.6) is 0 Å². The average Bonchev–Trinajstić information content (AvgIpc) is 2.70. The second-order valence-electron chi connectivity index (χ2n) is 2.82. The average molecular weight is 203 g/mol. The molecule has 0 saturated carbocycles. The molecule has 1 aromatic heterocycles. The number of amidine groups is 1. The van der Waals surface area contributed by atoms with E-state index in [2.05, 4.69) is 4.98 Å². The lowest BCUT2D eigenvalue weighted by atomic mass is 10.1. The number of thiazole rings is 1. The molecule has 0 aliphatic heterocycles. The fourth-order valence-electron chi connectivity index (χ4n) is 1.28. The van der Waals surface area contributed by atoms with E-state index in [1.54, 1.807) is 23.0 Å². The summed E-state index contributed by atoms with van der Waals surface area (Å²) >= 11 is 1.54. The SMILES string of the molecule is N=C(N)c1ccccc1-c1cncs1. The molecule has 14 heavy (non-hydrogen) atoms. The van der Waals surface area contributed by atoms with Crippen LogP contribution in [0.25, 0.3) is 10.4 Å². The van der Waals surface area contributed by atoms with Crippen LogP contribution in [0.2, 0.25) is 0 Å². The van der Waals surface area contributed by atoms with Crippen molar-refractivity contribution in [1.29, 1.82) is 5.41 Å². The molecular formula is C10H9N3S. The first-order valence-electron chi connectivity index (χ1n) is 4.11. The largest absolute Gasteiger partial charge is 0.384 e. The number of nitrogens with zero attached hydrogens (tertiary/aromatic N) is 1. The number of benzene rings is 1. The Balaban J connectivity index is 2.58. The third-order valence-electron chi connectivity index (χ3n) is 1.92. The molecule has 0 saturated heterocycles. The normalized spacial score (nSPS) is 10.0. The zero-order valence-corrected chi connectivity index (χ0v) is 8.21. The predicted octanol–water partition coefficient (Wildman–Crippen LogP) is 2.09. The summed E-state index contributed by atoms with van der Waals surface area (Å²) in [7, 11) is 0. The van der Waals surface area contributed by atoms with Crippen LogP contribution in [0, 0.1) is 5.41 Å². The minimum absolute atomic E-state index is 0.0917. The van der Waals surface area contributed by atoms with Crippen molar-refractivity contribution < 1.29 is 0 Å². The maximum absolute atomic E-state index is 7.44. The molecule has 70 valence electrons. The van der Waals surface area contributed by atoms with Gasteiger partial charge in [-0.15, -0.1) is 11.3 Å². The zero-order valence-electron chi connectivity index (χ0n) is 7.40. The van der Waals surface area contributed by atoms with Crippen LogP contribution >= 0.6 is 11.3 Å². The molecule has 4 heteroatoms. The highest BCUT2D eigenvalue weighted by Crippen LogP contribution is 2.26. The summed E-state index contributed by atoms with van der Waals surface area (Å²) in [4.78, 5) is 5.04. The molecule has 0 spiro atoms. The topological polar surface area (TPSA) is 62.8 Å². The van der Waals surface area contributed by atoms with Crippen molar-refractivity contribution in [3.63, 3.8) is 0 Å². The smallest absolute Gasteiger partial charge is 0.123 e. The zero-order chi connectivity index (χ0) is 9.97. The van der Waals surface area contributed by atoms with Gasteiger partial charge in [0.05, 0.1) is 10.4 Å². The first kappa shape index (κ1) is 8.90. The Hall–Kier alpha value is -1.68. The Morgan fingerprint density at radius 3 is 2.79 bits per heavy atom. The summed E-state index contributed by atoms with van der Waals surface area (Å²) in [5.41, 5.74) is 8.99. The van der Waals surface area contributed by atoms with Crippen molar-refractivity contribution >= 4 is 17.2 Å². The van der Waals surface area contributed by atoms with Crippen molar-refractivity contribution in [3.05, 3.63) is 41.5 Å². The Kier molecular flexibility index (Phi) is 2.28. The lowest BCUT2D eigenvalue weighted by Gasteiger charge is -2.04. The number of hydrogen-bond acceptors (Lipinski definition) is 3. The molecule has 3 nitrogen and oxygen atoms in total. The monoisotopic (exact) mass is 203 g/mol. The first-order valence-corrected chi connectivity index (χ1v) is 4.99. The molecule has 1 aromatic carbocycles. The van der Waals surface area contributed by atoms with Gasteiger partial charge in [-0.25, -0.2) is 0 Å². The van der Waals surface area contributed by atoms with Gasteiger partial charge in [-0.2, -0.15) is 0 Å². The third kappa shape index (κ3) is 1.52. The van der Waals surface area contributed by atoms with E-state index in [4.69, 9.17) is 11.1 Å². The van der Waals surface area contributed by atoms with Crippen LogP contribution in [0.3, 0.4) is 0 Å². The number of rotatable bonds is 2. The van der Waals surface area contributed by atoms with Gasteiger partial charge in [-0.1, -0.05) is 24.3 Å². The molecule has 0 aliphatic rings. The van der Waals surface area contributed by atoms with E-state index < -0.39 is 0 Å². The van der Waals surface area contributed by atoms with Crippen molar-refractivity contribution in [2.75, 3.05) is 0 Å². The molecule has 3 N–H and O–H groups in total. The molecule has 1 heterocycles. The summed E-state index contributed by atoms with van der Waals surface area (Å²) in [6, 6.07) is 7.60. The van der Waals surface area contributed by atoms with Crippen LogP contribution in [0.15, 0.2) is 36.0 Å². The summed E-state index contributed by atoms with van der Waals surface area (Å²) in [6.07, 6.45) is 1.78. The summed E-state index contributed by atoms with van der Waals surface area (Å²) in [5, 5.41) is 7.44. The van der Waals surface area contributed by atoms with Gasteiger partial charge in [-0.3, -0.25) is 10.4 Å². The van der Waals surface area contributed by atoms with Crippen LogP contribution < -0.4 is 5.73 Å². The number of hydrogen-bond donors (Lipinski definition) is 2. The highest BCUT2D eigenvalue weighted by atomic mass is 32.1. The summed E-state index contributed by atoms with van der Waals surface area (Å²) in [6.45, 7) is 0. The summed E-state index contributed by atoms with van der Waals surface area (Å²) < 4.78 is 0. The van der Waals surface area contributed by atoms with Gasteiger partial charge in [0.1, 0.15) is 5.84 Å². The molecular weight excluding hydrogens is 194 g/mol. The maximum atomic E-state index is 7.44. The standard InChI is InChI=1S/C10H9N3S/c11-10(12)8-4-2-1-3-7(8)9-5-13-6-14-9/h1-6H,(H3,11,12). The van der Waals surface area contributed by atoms with Gasteiger partial charge < -0.3 is 5.73 Å². The molecule has 2 aromatic rings. The minimum Gasteiger partial charge on any atom is -0.384 e. The minimum atomic E-state index is 0.0917. The second-order valence-corrected chi connectivity index (χ2v) is 3.71. The van der Waals surface area contributed by atoms with E-state index in [0.717, 1.165) is 16.0 Å². The van der Waals surface area contributed by atoms with Crippen molar-refractivity contribution in [1.82, 2.24) is 4.98 Å². The number of nitrogens with two attached hydrogens (primary N) is 1. The Bertz CT molecular complexity index is 448. The Morgan fingerprint density at radius 1 is 1.36 bits per heavy atom. The van der Waals surface area contributed by atoms with Gasteiger partial charge in [0.25, 0.3) is 0 Å². The molecule has 0 atom stereocenters. The fraction of sp³-hybridized carbons (Fsp3) is 0.